The molecular weight excluding hydrogens is 344 g/mol. The molecule has 0 aliphatic carbocycles. The van der Waals surface area contributed by atoms with E-state index in [0.29, 0.717) is 38.0 Å². The molecule has 2 aliphatic heterocycles. The van der Waals surface area contributed by atoms with Gasteiger partial charge in [0.25, 0.3) is 5.91 Å². The molecule has 0 saturated carbocycles. The maximum atomic E-state index is 12.9. The number of carbonyl (C=O) groups is 2. The van der Waals surface area contributed by atoms with Crippen molar-refractivity contribution in [2.75, 3.05) is 19.6 Å². The molecule has 0 bridgehead atoms. The van der Waals surface area contributed by atoms with Crippen LogP contribution in [0.3, 0.4) is 0 Å². The number of amides is 2. The lowest BCUT2D eigenvalue weighted by molar-refractivity contribution is 0.00305. The quantitative estimate of drug-likeness (QED) is 0.764. The molecule has 2 aliphatic rings. The number of rotatable bonds is 6. The van der Waals surface area contributed by atoms with E-state index in [1.807, 2.05) is 27.6 Å². The number of likely N-dealkylation sites (tertiary alicyclic amines) is 1. The molecule has 0 N–H and O–H groups in total. The van der Waals surface area contributed by atoms with Gasteiger partial charge in [-0.1, -0.05) is 20.3 Å². The van der Waals surface area contributed by atoms with Crippen molar-refractivity contribution in [1.82, 2.24) is 19.6 Å². The van der Waals surface area contributed by atoms with E-state index in [4.69, 9.17) is 4.74 Å². The topological polar surface area (TPSA) is 67.7 Å². The monoisotopic (exact) mass is 376 g/mol. The van der Waals surface area contributed by atoms with Crippen molar-refractivity contribution in [3.63, 3.8) is 0 Å². The maximum absolute atomic E-state index is 12.9. The van der Waals surface area contributed by atoms with E-state index in [1.54, 1.807) is 0 Å². The summed E-state index contributed by atoms with van der Waals surface area (Å²) in [4.78, 5) is 29.0. The van der Waals surface area contributed by atoms with Crippen LogP contribution in [0.15, 0.2) is 6.20 Å². The summed E-state index contributed by atoms with van der Waals surface area (Å²) in [7, 11) is 0. The van der Waals surface area contributed by atoms with Crippen LogP contribution in [0.5, 0.6) is 0 Å². The van der Waals surface area contributed by atoms with Crippen molar-refractivity contribution in [2.24, 2.45) is 0 Å². The standard InChI is InChI=1S/C20H32N4O3/c1-5-7-15(3)24-14-20(27-19(24)26)8-11-22(12-9-20)18(25)17-13-23(10-6-2)21-16(17)4/h13,15H,5-12,14H2,1-4H3/t15-/m0/s1. The van der Waals surface area contributed by atoms with Crippen LogP contribution in [-0.4, -0.2) is 62.9 Å². The molecule has 1 aromatic heterocycles. The number of hydrogen-bond acceptors (Lipinski definition) is 4. The molecule has 2 amide bonds. The van der Waals surface area contributed by atoms with E-state index in [2.05, 4.69) is 25.9 Å². The summed E-state index contributed by atoms with van der Waals surface area (Å²) in [6, 6.07) is 0.202. The molecular formula is C20H32N4O3. The Hall–Kier alpha value is -2.05. The Morgan fingerprint density at radius 3 is 2.63 bits per heavy atom. The van der Waals surface area contributed by atoms with E-state index in [9.17, 15) is 9.59 Å². The Balaban J connectivity index is 1.62. The third-order valence-corrected chi connectivity index (χ3v) is 5.83. The second-order valence-electron chi connectivity index (χ2n) is 8.00. The van der Waals surface area contributed by atoms with Gasteiger partial charge in [0.15, 0.2) is 0 Å². The first kappa shape index (κ1) is 19.7. The minimum Gasteiger partial charge on any atom is -0.441 e. The largest absolute Gasteiger partial charge is 0.441 e. The number of ether oxygens (including phenoxy) is 1. The van der Waals surface area contributed by atoms with Crippen LogP contribution in [0.4, 0.5) is 4.79 Å². The van der Waals surface area contributed by atoms with Gasteiger partial charge in [-0.3, -0.25) is 9.48 Å². The van der Waals surface area contributed by atoms with Crippen LogP contribution in [0, 0.1) is 6.92 Å². The highest BCUT2D eigenvalue weighted by atomic mass is 16.6. The third-order valence-electron chi connectivity index (χ3n) is 5.83. The third kappa shape index (κ3) is 3.96. The first-order valence-corrected chi connectivity index (χ1v) is 10.2. The van der Waals surface area contributed by atoms with E-state index in [1.165, 1.54) is 0 Å². The number of piperidine rings is 1. The molecule has 3 heterocycles. The highest BCUT2D eigenvalue weighted by Crippen LogP contribution is 2.35. The minimum atomic E-state index is -0.433. The Morgan fingerprint density at radius 1 is 1.30 bits per heavy atom. The van der Waals surface area contributed by atoms with Crippen LogP contribution < -0.4 is 0 Å². The average Bonchev–Trinajstić information content (AvgIpc) is 3.15. The summed E-state index contributed by atoms with van der Waals surface area (Å²) in [5.74, 6) is 0.0326. The lowest BCUT2D eigenvalue weighted by Crippen LogP contribution is -2.49. The molecule has 1 spiro atoms. The maximum Gasteiger partial charge on any atom is 0.410 e. The normalized spacial score (nSPS) is 20.2. The lowest BCUT2D eigenvalue weighted by Gasteiger charge is -2.37. The first-order valence-electron chi connectivity index (χ1n) is 10.2. The van der Waals surface area contributed by atoms with Crippen molar-refractivity contribution in [1.29, 1.82) is 0 Å². The van der Waals surface area contributed by atoms with Gasteiger partial charge in [-0.2, -0.15) is 5.10 Å². The van der Waals surface area contributed by atoms with Crippen molar-refractivity contribution >= 4 is 12.0 Å². The number of aryl methyl sites for hydroxylation is 2. The molecule has 0 unspecified atom stereocenters. The fraction of sp³-hybridized carbons (Fsp3) is 0.750. The van der Waals surface area contributed by atoms with Gasteiger partial charge in [0.2, 0.25) is 0 Å². The second-order valence-corrected chi connectivity index (χ2v) is 8.00. The Labute approximate surface area is 161 Å². The van der Waals surface area contributed by atoms with Crippen molar-refractivity contribution < 1.29 is 14.3 Å². The number of nitrogens with zero attached hydrogens (tertiary/aromatic N) is 4. The number of hydrogen-bond donors (Lipinski definition) is 0. The van der Waals surface area contributed by atoms with Crippen LogP contribution in [0.2, 0.25) is 0 Å². The van der Waals surface area contributed by atoms with Gasteiger partial charge >= 0.3 is 6.09 Å². The molecule has 3 rings (SSSR count). The smallest absolute Gasteiger partial charge is 0.410 e. The Morgan fingerprint density at radius 2 is 2.00 bits per heavy atom. The van der Waals surface area contributed by atoms with Crippen LogP contribution in [-0.2, 0) is 11.3 Å². The Bertz CT molecular complexity index is 691. The minimum absolute atomic E-state index is 0.0326. The van der Waals surface area contributed by atoms with Crippen molar-refractivity contribution in [3.8, 4) is 0 Å². The first-order chi connectivity index (χ1) is 12.9. The van der Waals surface area contributed by atoms with Gasteiger partial charge in [-0.05, 0) is 26.7 Å². The summed E-state index contributed by atoms with van der Waals surface area (Å²) in [5.41, 5.74) is 1.03. The highest BCUT2D eigenvalue weighted by molar-refractivity contribution is 5.95. The fourth-order valence-corrected chi connectivity index (χ4v) is 4.18. The number of aromatic nitrogens is 2. The molecule has 1 aromatic rings. The average molecular weight is 377 g/mol. The van der Waals surface area contributed by atoms with Gasteiger partial charge in [-0.15, -0.1) is 0 Å². The highest BCUT2D eigenvalue weighted by Gasteiger charge is 2.48. The molecule has 27 heavy (non-hydrogen) atoms. The molecule has 7 heteroatoms. The molecule has 2 fully saturated rings. The van der Waals surface area contributed by atoms with Gasteiger partial charge < -0.3 is 14.5 Å². The zero-order valence-electron chi connectivity index (χ0n) is 17.0. The molecule has 0 aromatic carbocycles. The van der Waals surface area contributed by atoms with Crippen LogP contribution in [0.1, 0.15) is 68.9 Å². The van der Waals surface area contributed by atoms with Gasteiger partial charge in [0.05, 0.1) is 17.8 Å². The Kier molecular flexibility index (Phi) is 5.77. The second kappa shape index (κ2) is 7.90. The fourth-order valence-electron chi connectivity index (χ4n) is 4.18. The zero-order valence-corrected chi connectivity index (χ0v) is 17.0. The lowest BCUT2D eigenvalue weighted by atomic mass is 9.90. The van der Waals surface area contributed by atoms with Crippen molar-refractivity contribution in [2.45, 2.75) is 78.0 Å². The van der Waals surface area contributed by atoms with Crippen LogP contribution >= 0.6 is 0 Å². The zero-order chi connectivity index (χ0) is 19.6. The summed E-state index contributed by atoms with van der Waals surface area (Å²) < 4.78 is 7.64. The van der Waals surface area contributed by atoms with E-state index >= 15 is 0 Å². The summed E-state index contributed by atoms with van der Waals surface area (Å²) in [5, 5.41) is 4.44. The predicted octanol–water partition coefficient (Wildman–Crippen LogP) is 3.22. The molecule has 2 saturated heterocycles. The van der Waals surface area contributed by atoms with E-state index < -0.39 is 5.60 Å². The van der Waals surface area contributed by atoms with Gasteiger partial charge in [-0.25, -0.2) is 4.79 Å². The van der Waals surface area contributed by atoms with E-state index in [0.717, 1.165) is 31.5 Å². The van der Waals surface area contributed by atoms with Crippen LogP contribution in [0.25, 0.3) is 0 Å². The number of carbonyl (C=O) groups excluding carboxylic acids is 2. The molecule has 0 radical (unpaired) electrons. The molecule has 7 nitrogen and oxygen atoms in total. The van der Waals surface area contributed by atoms with Gasteiger partial charge in [0, 0.05) is 44.7 Å². The summed E-state index contributed by atoms with van der Waals surface area (Å²) >= 11 is 0. The predicted molar refractivity (Wildman–Crippen MR) is 103 cm³/mol. The van der Waals surface area contributed by atoms with Gasteiger partial charge in [0.1, 0.15) is 5.60 Å². The molecule has 150 valence electrons. The van der Waals surface area contributed by atoms with Crippen molar-refractivity contribution in [3.05, 3.63) is 17.5 Å². The molecule has 1 atom stereocenters. The summed E-state index contributed by atoms with van der Waals surface area (Å²) in [6.07, 6.45) is 6.06. The summed E-state index contributed by atoms with van der Waals surface area (Å²) in [6.45, 7) is 10.9. The van der Waals surface area contributed by atoms with E-state index in [-0.39, 0.29) is 18.0 Å². The SMILES string of the molecule is CCC[C@H](C)N1CC2(CCN(C(=O)c3cn(CCC)nc3C)CC2)OC1=O.